The highest BCUT2D eigenvalue weighted by atomic mass is 35.5. The van der Waals surface area contributed by atoms with E-state index in [2.05, 4.69) is 19.2 Å². The number of rotatable bonds is 6. The molecule has 3 heteroatoms. The van der Waals surface area contributed by atoms with Crippen molar-refractivity contribution in [3.05, 3.63) is 34.6 Å². The van der Waals surface area contributed by atoms with E-state index in [1.165, 1.54) is 18.9 Å². The van der Waals surface area contributed by atoms with Gasteiger partial charge in [-0.3, -0.25) is 0 Å². The number of benzene rings is 1. The van der Waals surface area contributed by atoms with Crippen LogP contribution >= 0.6 is 11.6 Å². The van der Waals surface area contributed by atoms with Crippen LogP contribution in [0.1, 0.15) is 32.3 Å². The molecule has 0 heterocycles. The largest absolute Gasteiger partial charge is 0.316 e. The zero-order chi connectivity index (χ0) is 13.2. The van der Waals surface area contributed by atoms with Gasteiger partial charge < -0.3 is 5.32 Å². The minimum absolute atomic E-state index is 0.130. The molecule has 0 bridgehead atoms. The minimum atomic E-state index is -0.130. The van der Waals surface area contributed by atoms with Crippen molar-refractivity contribution in [2.24, 2.45) is 11.3 Å². The van der Waals surface area contributed by atoms with Crippen LogP contribution in [0.15, 0.2) is 18.2 Å². The van der Waals surface area contributed by atoms with Crippen LogP contribution in [0.2, 0.25) is 5.02 Å². The summed E-state index contributed by atoms with van der Waals surface area (Å²) >= 11 is 5.93. The van der Waals surface area contributed by atoms with Gasteiger partial charge in [-0.05, 0) is 60.9 Å². The molecule has 1 aliphatic carbocycles. The fourth-order valence-electron chi connectivity index (χ4n) is 2.30. The first kappa shape index (κ1) is 13.8. The van der Waals surface area contributed by atoms with E-state index in [1.807, 2.05) is 0 Å². The molecule has 1 fully saturated rings. The molecule has 0 aliphatic heterocycles. The van der Waals surface area contributed by atoms with Crippen molar-refractivity contribution >= 4 is 11.6 Å². The van der Waals surface area contributed by atoms with Crippen LogP contribution in [0.5, 0.6) is 0 Å². The lowest BCUT2D eigenvalue weighted by atomic mass is 9.96. The molecule has 1 N–H and O–H groups in total. The zero-order valence-electron chi connectivity index (χ0n) is 11.1. The van der Waals surface area contributed by atoms with Gasteiger partial charge in [0.2, 0.25) is 0 Å². The minimum Gasteiger partial charge on any atom is -0.316 e. The maximum Gasteiger partial charge on any atom is 0.126 e. The van der Waals surface area contributed by atoms with Gasteiger partial charge in [-0.25, -0.2) is 4.39 Å². The predicted molar refractivity (Wildman–Crippen MR) is 74.5 cm³/mol. The van der Waals surface area contributed by atoms with Crippen molar-refractivity contribution in [2.45, 2.75) is 33.1 Å². The topological polar surface area (TPSA) is 12.0 Å². The van der Waals surface area contributed by atoms with E-state index in [4.69, 9.17) is 11.6 Å². The quantitative estimate of drug-likeness (QED) is 0.822. The van der Waals surface area contributed by atoms with Crippen molar-refractivity contribution in [1.82, 2.24) is 5.32 Å². The van der Waals surface area contributed by atoms with E-state index in [9.17, 15) is 4.39 Å². The summed E-state index contributed by atoms with van der Waals surface area (Å²) in [6.07, 6.45) is 3.17. The van der Waals surface area contributed by atoms with Gasteiger partial charge >= 0.3 is 0 Å². The van der Waals surface area contributed by atoms with Gasteiger partial charge in [0.25, 0.3) is 0 Å². The number of hydrogen-bond acceptors (Lipinski definition) is 1. The Morgan fingerprint density at radius 2 is 2.11 bits per heavy atom. The summed E-state index contributed by atoms with van der Waals surface area (Å²) in [6, 6.07) is 4.84. The lowest BCUT2D eigenvalue weighted by Crippen LogP contribution is -2.28. The van der Waals surface area contributed by atoms with E-state index in [0.717, 1.165) is 25.1 Å². The monoisotopic (exact) mass is 269 g/mol. The molecule has 0 saturated heterocycles. The highest BCUT2D eigenvalue weighted by Gasteiger charge is 2.42. The summed E-state index contributed by atoms with van der Waals surface area (Å²) in [7, 11) is 0. The van der Waals surface area contributed by atoms with Crippen LogP contribution in [0.4, 0.5) is 4.39 Å². The summed E-state index contributed by atoms with van der Waals surface area (Å²) < 4.78 is 13.7. The molecule has 1 nitrogen and oxygen atoms in total. The summed E-state index contributed by atoms with van der Waals surface area (Å²) in [5, 5.41) is 4.11. The third-order valence-electron chi connectivity index (χ3n) is 3.58. The Morgan fingerprint density at radius 3 is 2.72 bits per heavy atom. The SMILES string of the molecule is CC(C)CNCC1(Cc2cc(Cl)ccc2F)CC1. The van der Waals surface area contributed by atoms with E-state index >= 15 is 0 Å². The van der Waals surface area contributed by atoms with Crippen LogP contribution in [0, 0.1) is 17.2 Å². The average Bonchev–Trinajstić information content (AvgIpc) is 3.03. The Morgan fingerprint density at radius 1 is 1.39 bits per heavy atom. The molecular formula is C15H21ClFN. The first-order valence-corrected chi connectivity index (χ1v) is 7.03. The van der Waals surface area contributed by atoms with E-state index in [-0.39, 0.29) is 11.2 Å². The summed E-state index contributed by atoms with van der Waals surface area (Å²) in [6.45, 7) is 6.41. The first-order chi connectivity index (χ1) is 8.51. The number of halogens is 2. The second-order valence-corrected chi connectivity index (χ2v) is 6.37. The molecule has 0 spiro atoms. The van der Waals surface area contributed by atoms with Gasteiger partial charge in [0.05, 0.1) is 0 Å². The standard InChI is InChI=1S/C15H21ClFN/c1-11(2)9-18-10-15(5-6-15)8-12-7-13(16)3-4-14(12)17/h3-4,7,11,18H,5-6,8-10H2,1-2H3. The van der Waals surface area contributed by atoms with Crippen molar-refractivity contribution < 1.29 is 4.39 Å². The second-order valence-electron chi connectivity index (χ2n) is 5.94. The Kier molecular flexibility index (Phi) is 4.29. The lowest BCUT2D eigenvalue weighted by molar-refractivity contribution is 0.425. The van der Waals surface area contributed by atoms with Gasteiger partial charge in [0.1, 0.15) is 5.82 Å². The fraction of sp³-hybridized carbons (Fsp3) is 0.600. The van der Waals surface area contributed by atoms with Crippen molar-refractivity contribution in [3.8, 4) is 0 Å². The molecule has 0 aromatic heterocycles. The predicted octanol–water partition coefficient (Wildman–Crippen LogP) is 4.05. The van der Waals surface area contributed by atoms with Crippen molar-refractivity contribution in [1.29, 1.82) is 0 Å². The normalized spacial score (nSPS) is 17.2. The Bertz CT molecular complexity index is 413. The highest BCUT2D eigenvalue weighted by molar-refractivity contribution is 6.30. The third-order valence-corrected chi connectivity index (χ3v) is 3.82. The molecule has 1 aromatic carbocycles. The molecule has 1 saturated carbocycles. The molecule has 2 rings (SSSR count). The fourth-order valence-corrected chi connectivity index (χ4v) is 2.50. The van der Waals surface area contributed by atoms with Gasteiger partial charge in [-0.1, -0.05) is 25.4 Å². The maximum atomic E-state index is 13.7. The molecule has 0 radical (unpaired) electrons. The third kappa shape index (κ3) is 3.69. The smallest absolute Gasteiger partial charge is 0.126 e. The van der Waals surface area contributed by atoms with Gasteiger partial charge in [0, 0.05) is 11.6 Å². The van der Waals surface area contributed by atoms with Crippen LogP contribution < -0.4 is 5.32 Å². The average molecular weight is 270 g/mol. The molecular weight excluding hydrogens is 249 g/mol. The highest BCUT2D eigenvalue weighted by Crippen LogP contribution is 2.48. The maximum absolute atomic E-state index is 13.7. The molecule has 1 aromatic rings. The van der Waals surface area contributed by atoms with Crippen molar-refractivity contribution in [2.75, 3.05) is 13.1 Å². The van der Waals surface area contributed by atoms with Crippen LogP contribution in [0.3, 0.4) is 0 Å². The Balaban J connectivity index is 1.94. The molecule has 0 amide bonds. The molecule has 18 heavy (non-hydrogen) atoms. The van der Waals surface area contributed by atoms with Crippen molar-refractivity contribution in [3.63, 3.8) is 0 Å². The summed E-state index contributed by atoms with van der Waals surface area (Å²) in [5.74, 6) is 0.526. The second kappa shape index (κ2) is 5.58. The Labute approximate surface area is 114 Å². The number of nitrogens with one attached hydrogen (secondary N) is 1. The van der Waals surface area contributed by atoms with Crippen LogP contribution in [-0.4, -0.2) is 13.1 Å². The molecule has 100 valence electrons. The van der Waals surface area contributed by atoms with E-state index < -0.39 is 0 Å². The first-order valence-electron chi connectivity index (χ1n) is 6.65. The molecule has 1 aliphatic rings. The lowest BCUT2D eigenvalue weighted by Gasteiger charge is -2.17. The zero-order valence-corrected chi connectivity index (χ0v) is 11.9. The summed E-state index contributed by atoms with van der Waals surface area (Å²) in [5.41, 5.74) is 1.02. The van der Waals surface area contributed by atoms with E-state index in [0.29, 0.717) is 10.9 Å². The van der Waals surface area contributed by atoms with Gasteiger partial charge in [-0.2, -0.15) is 0 Å². The molecule has 0 unspecified atom stereocenters. The van der Waals surface area contributed by atoms with Gasteiger partial charge in [-0.15, -0.1) is 0 Å². The van der Waals surface area contributed by atoms with Crippen LogP contribution in [-0.2, 0) is 6.42 Å². The van der Waals surface area contributed by atoms with Gasteiger partial charge in [0.15, 0.2) is 0 Å². The Hall–Kier alpha value is -0.600. The summed E-state index contributed by atoms with van der Waals surface area (Å²) in [4.78, 5) is 0. The van der Waals surface area contributed by atoms with Crippen LogP contribution in [0.25, 0.3) is 0 Å². The van der Waals surface area contributed by atoms with E-state index in [1.54, 1.807) is 12.1 Å². The molecule has 0 atom stereocenters. The number of hydrogen-bond donors (Lipinski definition) is 1.